The summed E-state index contributed by atoms with van der Waals surface area (Å²) in [6, 6.07) is 0. The summed E-state index contributed by atoms with van der Waals surface area (Å²) in [5, 5.41) is 8.60. The van der Waals surface area contributed by atoms with Crippen LogP contribution in [0.15, 0.2) is 0 Å². The summed E-state index contributed by atoms with van der Waals surface area (Å²) in [6.45, 7) is 0. The number of carbonyl (C=O) groups is 1. The molecule has 0 bridgehead atoms. The molecule has 0 heterocycles. The van der Waals surface area contributed by atoms with Crippen molar-refractivity contribution in [2.75, 3.05) is 0 Å². The van der Waals surface area contributed by atoms with Gasteiger partial charge < -0.3 is 10.8 Å². The molecule has 3 nitrogen and oxygen atoms in total. The highest BCUT2D eigenvalue weighted by atomic mass is 16.4. The number of hydrogen-bond acceptors (Lipinski definition) is 2. The standard InChI is InChI=1S/C9H15NO2/c10-9(4-7(11)12)5-8(6-9)2-1-3-8/h1-6,10H2,(H,11,12). The molecule has 68 valence electrons. The largest absolute Gasteiger partial charge is 0.481 e. The maximum atomic E-state index is 10.4. The molecule has 0 aromatic heterocycles. The van der Waals surface area contributed by atoms with E-state index in [1.165, 1.54) is 19.3 Å². The smallest absolute Gasteiger partial charge is 0.305 e. The van der Waals surface area contributed by atoms with Crippen LogP contribution < -0.4 is 5.73 Å². The van der Waals surface area contributed by atoms with Gasteiger partial charge in [0.1, 0.15) is 0 Å². The summed E-state index contributed by atoms with van der Waals surface area (Å²) in [5.74, 6) is -0.758. The molecule has 1 spiro atoms. The van der Waals surface area contributed by atoms with Crippen LogP contribution in [-0.4, -0.2) is 16.6 Å². The van der Waals surface area contributed by atoms with Crippen molar-refractivity contribution in [3.05, 3.63) is 0 Å². The van der Waals surface area contributed by atoms with Gasteiger partial charge in [-0.05, 0) is 31.1 Å². The van der Waals surface area contributed by atoms with Gasteiger partial charge in [-0.1, -0.05) is 6.42 Å². The molecular weight excluding hydrogens is 154 g/mol. The monoisotopic (exact) mass is 169 g/mol. The van der Waals surface area contributed by atoms with Crippen molar-refractivity contribution in [2.24, 2.45) is 11.1 Å². The van der Waals surface area contributed by atoms with Crippen molar-refractivity contribution in [1.29, 1.82) is 0 Å². The van der Waals surface area contributed by atoms with E-state index in [-0.39, 0.29) is 12.0 Å². The van der Waals surface area contributed by atoms with Crippen LogP contribution in [-0.2, 0) is 4.79 Å². The molecule has 2 aliphatic rings. The van der Waals surface area contributed by atoms with Crippen LogP contribution in [0.5, 0.6) is 0 Å². The zero-order valence-electron chi connectivity index (χ0n) is 7.18. The van der Waals surface area contributed by atoms with Gasteiger partial charge in [0.15, 0.2) is 0 Å². The van der Waals surface area contributed by atoms with E-state index in [1.54, 1.807) is 0 Å². The van der Waals surface area contributed by atoms with Gasteiger partial charge in [-0.3, -0.25) is 4.79 Å². The first-order valence-corrected chi connectivity index (χ1v) is 4.54. The molecule has 2 saturated carbocycles. The molecule has 0 unspecified atom stereocenters. The van der Waals surface area contributed by atoms with Gasteiger partial charge >= 0.3 is 5.97 Å². The summed E-state index contributed by atoms with van der Waals surface area (Å²) in [7, 11) is 0. The molecule has 3 N–H and O–H groups in total. The van der Waals surface area contributed by atoms with Gasteiger partial charge in [0.2, 0.25) is 0 Å². The van der Waals surface area contributed by atoms with E-state index < -0.39 is 5.97 Å². The summed E-state index contributed by atoms with van der Waals surface area (Å²) in [5.41, 5.74) is 6.02. The second-order valence-corrected chi connectivity index (χ2v) is 4.64. The topological polar surface area (TPSA) is 63.3 Å². The quantitative estimate of drug-likeness (QED) is 0.651. The molecule has 12 heavy (non-hydrogen) atoms. The Morgan fingerprint density at radius 1 is 1.42 bits per heavy atom. The Hall–Kier alpha value is -0.570. The molecular formula is C9H15NO2. The first-order valence-electron chi connectivity index (χ1n) is 4.54. The molecule has 0 radical (unpaired) electrons. The predicted octanol–water partition coefficient (Wildman–Crippen LogP) is 1.12. The second kappa shape index (κ2) is 2.22. The maximum absolute atomic E-state index is 10.4. The fourth-order valence-corrected chi connectivity index (χ4v) is 2.90. The Balaban J connectivity index is 1.88. The first-order chi connectivity index (χ1) is 5.54. The summed E-state index contributed by atoms with van der Waals surface area (Å²) < 4.78 is 0. The molecule has 0 amide bonds. The zero-order valence-corrected chi connectivity index (χ0v) is 7.18. The van der Waals surface area contributed by atoms with Crippen molar-refractivity contribution in [1.82, 2.24) is 0 Å². The van der Waals surface area contributed by atoms with Crippen molar-refractivity contribution in [3.63, 3.8) is 0 Å². The van der Waals surface area contributed by atoms with E-state index in [1.807, 2.05) is 0 Å². The van der Waals surface area contributed by atoms with Crippen LogP contribution in [0, 0.1) is 5.41 Å². The lowest BCUT2D eigenvalue weighted by atomic mass is 9.48. The van der Waals surface area contributed by atoms with Gasteiger partial charge in [0.25, 0.3) is 0 Å². The van der Waals surface area contributed by atoms with Crippen molar-refractivity contribution in [3.8, 4) is 0 Å². The number of hydrogen-bond donors (Lipinski definition) is 2. The first kappa shape index (κ1) is 8.05. The van der Waals surface area contributed by atoms with Crippen molar-refractivity contribution >= 4 is 5.97 Å². The lowest BCUT2D eigenvalue weighted by Crippen LogP contribution is -2.61. The Labute approximate surface area is 71.9 Å². The van der Waals surface area contributed by atoms with E-state index in [4.69, 9.17) is 10.8 Å². The van der Waals surface area contributed by atoms with Crippen molar-refractivity contribution < 1.29 is 9.90 Å². The number of nitrogens with two attached hydrogens (primary N) is 1. The molecule has 0 aromatic rings. The zero-order chi connectivity index (χ0) is 8.82. The molecule has 0 atom stereocenters. The molecule has 0 aromatic carbocycles. The third kappa shape index (κ3) is 1.12. The van der Waals surface area contributed by atoms with Crippen LogP contribution in [0.1, 0.15) is 38.5 Å². The van der Waals surface area contributed by atoms with E-state index >= 15 is 0 Å². The number of carboxylic acid groups (broad SMARTS) is 1. The fourth-order valence-electron chi connectivity index (χ4n) is 2.90. The second-order valence-electron chi connectivity index (χ2n) is 4.64. The Kier molecular flexibility index (Phi) is 1.49. The highest BCUT2D eigenvalue weighted by Gasteiger charge is 2.55. The lowest BCUT2D eigenvalue weighted by molar-refractivity contribution is -0.142. The summed E-state index contributed by atoms with van der Waals surface area (Å²) in [6.07, 6.45) is 5.87. The predicted molar refractivity (Wildman–Crippen MR) is 44.7 cm³/mol. The van der Waals surface area contributed by atoms with Crippen LogP contribution in [0.3, 0.4) is 0 Å². The minimum absolute atomic E-state index is 0.148. The highest BCUT2D eigenvalue weighted by Crippen LogP contribution is 2.60. The fraction of sp³-hybridized carbons (Fsp3) is 0.889. The van der Waals surface area contributed by atoms with Gasteiger partial charge in [-0.2, -0.15) is 0 Å². The Morgan fingerprint density at radius 2 is 2.00 bits per heavy atom. The normalized spacial score (nSPS) is 29.1. The van der Waals surface area contributed by atoms with Gasteiger partial charge in [0.05, 0.1) is 6.42 Å². The minimum atomic E-state index is -0.758. The van der Waals surface area contributed by atoms with Gasteiger partial charge in [-0.25, -0.2) is 0 Å². The summed E-state index contributed by atoms with van der Waals surface area (Å²) >= 11 is 0. The molecule has 2 aliphatic carbocycles. The van der Waals surface area contributed by atoms with Gasteiger partial charge in [0, 0.05) is 5.54 Å². The molecule has 0 saturated heterocycles. The lowest BCUT2D eigenvalue weighted by Gasteiger charge is -2.59. The van der Waals surface area contributed by atoms with Crippen LogP contribution >= 0.6 is 0 Å². The van der Waals surface area contributed by atoms with E-state index in [2.05, 4.69) is 0 Å². The molecule has 3 heteroatoms. The van der Waals surface area contributed by atoms with Gasteiger partial charge in [-0.15, -0.1) is 0 Å². The minimum Gasteiger partial charge on any atom is -0.481 e. The average Bonchev–Trinajstić information content (AvgIpc) is 1.76. The van der Waals surface area contributed by atoms with E-state index in [0.717, 1.165) is 12.8 Å². The Bertz CT molecular complexity index is 213. The molecule has 2 fully saturated rings. The number of aliphatic carboxylic acids is 1. The summed E-state index contributed by atoms with van der Waals surface area (Å²) in [4.78, 5) is 10.4. The van der Waals surface area contributed by atoms with E-state index in [0.29, 0.717) is 5.41 Å². The van der Waals surface area contributed by atoms with Crippen LogP contribution in [0.25, 0.3) is 0 Å². The SMILES string of the molecule is NC1(CC(=O)O)CC2(CCC2)C1. The van der Waals surface area contributed by atoms with Crippen LogP contribution in [0.4, 0.5) is 0 Å². The van der Waals surface area contributed by atoms with Crippen molar-refractivity contribution in [2.45, 2.75) is 44.1 Å². The molecule has 2 rings (SSSR count). The Morgan fingerprint density at radius 3 is 2.33 bits per heavy atom. The highest BCUT2D eigenvalue weighted by molar-refractivity contribution is 5.68. The van der Waals surface area contributed by atoms with Crippen LogP contribution in [0.2, 0.25) is 0 Å². The third-order valence-electron chi connectivity index (χ3n) is 3.37. The molecule has 0 aliphatic heterocycles. The van der Waals surface area contributed by atoms with E-state index in [9.17, 15) is 4.79 Å². The average molecular weight is 169 g/mol. The number of rotatable bonds is 2. The number of carboxylic acids is 1. The maximum Gasteiger partial charge on any atom is 0.305 e. The third-order valence-corrected chi connectivity index (χ3v) is 3.37.